The Balaban J connectivity index is 1.76. The maximum Gasteiger partial charge on any atom is 0.354 e. The minimum Gasteiger partial charge on any atom is -0.464 e. The minimum absolute atomic E-state index is 0.259. The first kappa shape index (κ1) is 17.5. The normalized spacial score (nSPS) is 10.5. The number of carbonyl (C=O) groups is 2. The van der Waals surface area contributed by atoms with Gasteiger partial charge in [0.15, 0.2) is 5.13 Å². The summed E-state index contributed by atoms with van der Waals surface area (Å²) < 4.78 is 4.64. The molecule has 9 heteroatoms. The quantitative estimate of drug-likeness (QED) is 0.637. The first-order valence-corrected chi connectivity index (χ1v) is 8.60. The van der Waals surface area contributed by atoms with Gasteiger partial charge in [-0.3, -0.25) is 10.1 Å². The SMILES string of the molecule is COC(=O)c1cc(-c2csc(NC(=O)c3ccc(Cl)cc3Cl)n2)c[nH]1. The molecule has 0 atom stereocenters. The summed E-state index contributed by atoms with van der Waals surface area (Å²) in [5.41, 5.74) is 1.96. The second-order valence-corrected chi connectivity index (χ2v) is 6.61. The first-order chi connectivity index (χ1) is 12.0. The summed E-state index contributed by atoms with van der Waals surface area (Å²) in [5.74, 6) is -0.848. The number of nitrogens with zero attached hydrogens (tertiary/aromatic N) is 1. The van der Waals surface area contributed by atoms with Gasteiger partial charge < -0.3 is 9.72 Å². The van der Waals surface area contributed by atoms with Crippen LogP contribution in [-0.4, -0.2) is 29.0 Å². The van der Waals surface area contributed by atoms with E-state index < -0.39 is 5.97 Å². The van der Waals surface area contributed by atoms with E-state index in [2.05, 4.69) is 20.0 Å². The second-order valence-electron chi connectivity index (χ2n) is 4.91. The van der Waals surface area contributed by atoms with Crippen LogP contribution >= 0.6 is 34.5 Å². The van der Waals surface area contributed by atoms with E-state index in [1.807, 2.05) is 0 Å². The number of esters is 1. The number of nitrogens with one attached hydrogen (secondary N) is 2. The van der Waals surface area contributed by atoms with E-state index in [1.165, 1.54) is 24.5 Å². The van der Waals surface area contributed by atoms with Gasteiger partial charge in [0.1, 0.15) is 5.69 Å². The molecule has 0 unspecified atom stereocenters. The largest absolute Gasteiger partial charge is 0.464 e. The number of rotatable bonds is 4. The van der Waals surface area contributed by atoms with Crippen molar-refractivity contribution in [3.05, 3.63) is 57.1 Å². The number of carbonyl (C=O) groups excluding carboxylic acids is 2. The van der Waals surface area contributed by atoms with Crippen molar-refractivity contribution in [1.82, 2.24) is 9.97 Å². The average Bonchev–Trinajstić information content (AvgIpc) is 3.23. The van der Waals surface area contributed by atoms with Crippen molar-refractivity contribution in [2.24, 2.45) is 0 Å². The Kier molecular flexibility index (Phi) is 5.08. The van der Waals surface area contributed by atoms with E-state index in [0.29, 0.717) is 32.7 Å². The van der Waals surface area contributed by atoms with Crippen LogP contribution in [0.5, 0.6) is 0 Å². The van der Waals surface area contributed by atoms with Gasteiger partial charge in [-0.05, 0) is 24.3 Å². The van der Waals surface area contributed by atoms with Gasteiger partial charge in [-0.15, -0.1) is 11.3 Å². The first-order valence-electron chi connectivity index (χ1n) is 6.97. The van der Waals surface area contributed by atoms with Crippen molar-refractivity contribution in [2.45, 2.75) is 0 Å². The predicted molar refractivity (Wildman–Crippen MR) is 97.7 cm³/mol. The Hall–Kier alpha value is -2.35. The van der Waals surface area contributed by atoms with Gasteiger partial charge in [-0.1, -0.05) is 23.2 Å². The summed E-state index contributed by atoms with van der Waals surface area (Å²) in [6.45, 7) is 0. The number of ether oxygens (including phenoxy) is 1. The molecule has 1 aromatic carbocycles. The molecule has 3 aromatic rings. The third-order valence-corrected chi connectivity index (χ3v) is 4.59. The van der Waals surface area contributed by atoms with Crippen molar-refractivity contribution in [1.29, 1.82) is 0 Å². The fraction of sp³-hybridized carbons (Fsp3) is 0.0625. The van der Waals surface area contributed by atoms with Crippen molar-refractivity contribution in [3.8, 4) is 11.3 Å². The van der Waals surface area contributed by atoms with Crippen molar-refractivity contribution in [2.75, 3.05) is 12.4 Å². The maximum atomic E-state index is 12.3. The smallest absolute Gasteiger partial charge is 0.354 e. The van der Waals surface area contributed by atoms with Crippen LogP contribution in [0.3, 0.4) is 0 Å². The number of amides is 1. The second kappa shape index (κ2) is 7.26. The molecule has 1 amide bonds. The third-order valence-electron chi connectivity index (χ3n) is 3.28. The number of methoxy groups -OCH3 is 1. The van der Waals surface area contributed by atoms with Crippen LogP contribution in [0.1, 0.15) is 20.8 Å². The van der Waals surface area contributed by atoms with Crippen molar-refractivity contribution in [3.63, 3.8) is 0 Å². The van der Waals surface area contributed by atoms with Crippen LogP contribution in [0.25, 0.3) is 11.3 Å². The molecule has 25 heavy (non-hydrogen) atoms. The molecule has 2 aromatic heterocycles. The molecule has 2 heterocycles. The summed E-state index contributed by atoms with van der Waals surface area (Å²) in [6, 6.07) is 6.26. The highest BCUT2D eigenvalue weighted by molar-refractivity contribution is 7.14. The monoisotopic (exact) mass is 395 g/mol. The minimum atomic E-state index is -0.465. The lowest BCUT2D eigenvalue weighted by Crippen LogP contribution is -2.12. The van der Waals surface area contributed by atoms with E-state index >= 15 is 0 Å². The van der Waals surface area contributed by atoms with Crippen LogP contribution in [0.2, 0.25) is 10.0 Å². The molecule has 2 N–H and O–H groups in total. The predicted octanol–water partition coefficient (Wildman–Crippen LogP) is 4.48. The molecule has 0 aliphatic rings. The van der Waals surface area contributed by atoms with Gasteiger partial charge >= 0.3 is 5.97 Å². The third kappa shape index (κ3) is 3.84. The summed E-state index contributed by atoms with van der Waals surface area (Å²) in [6.07, 6.45) is 1.64. The Bertz CT molecular complexity index is 952. The lowest BCUT2D eigenvalue weighted by atomic mass is 10.2. The Morgan fingerprint density at radius 3 is 2.80 bits per heavy atom. The average molecular weight is 396 g/mol. The molecular formula is C16H11Cl2N3O3S. The molecule has 0 fully saturated rings. The Labute approximate surface area is 156 Å². The lowest BCUT2D eigenvalue weighted by molar-refractivity contribution is 0.0594. The maximum absolute atomic E-state index is 12.3. The number of thiazole rings is 1. The molecule has 0 aliphatic carbocycles. The van der Waals surface area contributed by atoms with Crippen molar-refractivity contribution >= 4 is 51.5 Å². The molecule has 6 nitrogen and oxygen atoms in total. The molecule has 0 bridgehead atoms. The number of hydrogen-bond donors (Lipinski definition) is 2. The standard InChI is InChI=1S/C16H11Cl2N3O3S/c1-24-15(23)12-4-8(6-19-12)13-7-25-16(20-13)21-14(22)10-3-2-9(17)5-11(10)18/h2-7,19H,1H3,(H,20,21,22). The number of benzene rings is 1. The number of hydrogen-bond acceptors (Lipinski definition) is 5. The van der Waals surface area contributed by atoms with Crippen LogP contribution in [0.4, 0.5) is 5.13 Å². The fourth-order valence-corrected chi connectivity index (χ4v) is 3.28. The summed E-state index contributed by atoms with van der Waals surface area (Å²) in [5, 5.41) is 5.58. The topological polar surface area (TPSA) is 84.1 Å². The highest BCUT2D eigenvalue weighted by Gasteiger charge is 2.15. The van der Waals surface area contributed by atoms with E-state index in [0.717, 1.165) is 0 Å². The highest BCUT2D eigenvalue weighted by Crippen LogP contribution is 2.27. The zero-order valence-electron chi connectivity index (χ0n) is 12.8. The van der Waals surface area contributed by atoms with Gasteiger partial charge in [0.25, 0.3) is 5.91 Å². The zero-order valence-corrected chi connectivity index (χ0v) is 15.1. The number of halogens is 2. The number of aromatic amines is 1. The number of anilines is 1. The number of H-pyrrole nitrogens is 1. The fourth-order valence-electron chi connectivity index (χ4n) is 2.07. The molecule has 0 saturated carbocycles. The molecule has 0 radical (unpaired) electrons. The van der Waals surface area contributed by atoms with Crippen LogP contribution < -0.4 is 5.32 Å². The molecule has 0 spiro atoms. The van der Waals surface area contributed by atoms with Crippen LogP contribution in [0, 0.1) is 0 Å². The number of aromatic nitrogens is 2. The lowest BCUT2D eigenvalue weighted by Gasteiger charge is -2.04. The van der Waals surface area contributed by atoms with Crippen molar-refractivity contribution < 1.29 is 14.3 Å². The molecule has 0 aliphatic heterocycles. The van der Waals surface area contributed by atoms with Gasteiger partial charge in [0, 0.05) is 22.2 Å². The molecule has 3 rings (SSSR count). The summed E-state index contributed by atoms with van der Waals surface area (Å²) in [7, 11) is 1.31. The van der Waals surface area contributed by atoms with E-state index in [-0.39, 0.29) is 10.9 Å². The van der Waals surface area contributed by atoms with Gasteiger partial charge in [-0.2, -0.15) is 0 Å². The van der Waals surface area contributed by atoms with E-state index in [1.54, 1.807) is 29.8 Å². The van der Waals surface area contributed by atoms with Gasteiger partial charge in [0.05, 0.1) is 23.4 Å². The van der Waals surface area contributed by atoms with E-state index in [4.69, 9.17) is 23.2 Å². The summed E-state index contributed by atoms with van der Waals surface area (Å²) >= 11 is 13.1. The Morgan fingerprint density at radius 1 is 1.28 bits per heavy atom. The highest BCUT2D eigenvalue weighted by atomic mass is 35.5. The van der Waals surface area contributed by atoms with E-state index in [9.17, 15) is 9.59 Å². The molecular weight excluding hydrogens is 385 g/mol. The summed E-state index contributed by atoms with van der Waals surface area (Å²) in [4.78, 5) is 30.9. The van der Waals surface area contributed by atoms with Crippen LogP contribution in [0.15, 0.2) is 35.8 Å². The van der Waals surface area contributed by atoms with Gasteiger partial charge in [0.2, 0.25) is 0 Å². The zero-order chi connectivity index (χ0) is 18.0. The van der Waals surface area contributed by atoms with Crippen LogP contribution in [-0.2, 0) is 4.74 Å². The Morgan fingerprint density at radius 2 is 2.08 bits per heavy atom. The molecule has 0 saturated heterocycles. The van der Waals surface area contributed by atoms with Gasteiger partial charge in [-0.25, -0.2) is 9.78 Å². The molecule has 128 valence electrons.